The topological polar surface area (TPSA) is 118 Å². The summed E-state index contributed by atoms with van der Waals surface area (Å²) in [4.78, 5) is 36.7. The van der Waals surface area contributed by atoms with E-state index in [2.05, 4.69) is 0 Å². The summed E-state index contributed by atoms with van der Waals surface area (Å²) in [6.45, 7) is 2.05. The Morgan fingerprint density at radius 1 is 0.951 bits per heavy atom. The Labute approximate surface area is 233 Å². The molecule has 4 aromatic carbocycles. The fourth-order valence-corrected chi connectivity index (χ4v) is 4.55. The lowest BCUT2D eigenvalue weighted by molar-refractivity contribution is -0.384. The van der Waals surface area contributed by atoms with E-state index in [1.54, 1.807) is 31.2 Å². The van der Waals surface area contributed by atoms with Gasteiger partial charge in [-0.3, -0.25) is 14.9 Å². The van der Waals surface area contributed by atoms with E-state index < -0.39 is 10.9 Å². The van der Waals surface area contributed by atoms with Gasteiger partial charge in [0.1, 0.15) is 40.8 Å². The molecule has 0 saturated carbocycles. The van der Waals surface area contributed by atoms with Crippen molar-refractivity contribution in [1.29, 1.82) is 0 Å². The van der Waals surface area contributed by atoms with Crippen molar-refractivity contribution in [2.75, 3.05) is 0 Å². The molecule has 1 aliphatic rings. The molecule has 0 bridgehead atoms. The van der Waals surface area contributed by atoms with Crippen LogP contribution < -0.4 is 14.2 Å². The molecule has 0 saturated heterocycles. The number of esters is 1. The predicted octanol–water partition coefficient (Wildman–Crippen LogP) is 7.06. The number of hydrogen-bond donors (Lipinski definition) is 0. The van der Waals surface area contributed by atoms with Gasteiger partial charge in [0.2, 0.25) is 5.78 Å². The number of benzene rings is 4. The second kappa shape index (κ2) is 10.5. The van der Waals surface area contributed by atoms with E-state index in [1.807, 2.05) is 30.3 Å². The maximum Gasteiger partial charge on any atom is 0.347 e. The number of fused-ring (bicyclic) bond motifs is 2. The van der Waals surface area contributed by atoms with E-state index in [9.17, 15) is 19.7 Å². The van der Waals surface area contributed by atoms with Crippen LogP contribution in [0, 0.1) is 17.0 Å². The molecular formula is C32H21NO8. The van der Waals surface area contributed by atoms with Gasteiger partial charge in [0.05, 0.1) is 10.5 Å². The van der Waals surface area contributed by atoms with E-state index in [1.165, 1.54) is 42.5 Å². The molecule has 202 valence electrons. The Kier molecular flexibility index (Phi) is 6.52. The third kappa shape index (κ3) is 5.16. The zero-order valence-corrected chi connectivity index (χ0v) is 21.7. The van der Waals surface area contributed by atoms with E-state index in [4.69, 9.17) is 18.6 Å². The first-order valence-corrected chi connectivity index (χ1v) is 12.6. The highest BCUT2D eigenvalue weighted by Gasteiger charge is 2.29. The third-order valence-corrected chi connectivity index (χ3v) is 6.52. The number of nitrogens with zero attached hydrogens (tertiary/aromatic N) is 1. The summed E-state index contributed by atoms with van der Waals surface area (Å²) in [7, 11) is 0. The van der Waals surface area contributed by atoms with Crippen molar-refractivity contribution in [1.82, 2.24) is 0 Å². The first-order valence-electron chi connectivity index (χ1n) is 12.6. The maximum atomic E-state index is 13.3. The predicted molar refractivity (Wildman–Crippen MR) is 149 cm³/mol. The summed E-state index contributed by atoms with van der Waals surface area (Å²) in [5.74, 6) is 0.320. The number of nitro benzene ring substituents is 1. The van der Waals surface area contributed by atoms with Crippen LogP contribution in [0.15, 0.2) is 101 Å². The summed E-state index contributed by atoms with van der Waals surface area (Å²) in [6, 6.07) is 25.3. The van der Waals surface area contributed by atoms with Crippen LogP contribution in [0.4, 0.5) is 5.69 Å². The average Bonchev–Trinajstić information content (AvgIpc) is 3.46. The van der Waals surface area contributed by atoms with Crippen LogP contribution in [0.25, 0.3) is 17.0 Å². The number of carbonyl (C=O) groups is 2. The lowest BCUT2D eigenvalue weighted by Gasteiger charge is -2.07. The lowest BCUT2D eigenvalue weighted by atomic mass is 10.1. The molecule has 0 fully saturated rings. The van der Waals surface area contributed by atoms with Gasteiger partial charge in [-0.25, -0.2) is 4.79 Å². The van der Waals surface area contributed by atoms with Crippen LogP contribution in [0.3, 0.4) is 0 Å². The monoisotopic (exact) mass is 547 g/mol. The Bertz CT molecular complexity index is 1870. The van der Waals surface area contributed by atoms with E-state index >= 15 is 0 Å². The van der Waals surface area contributed by atoms with Gasteiger partial charge >= 0.3 is 5.97 Å². The zero-order chi connectivity index (χ0) is 28.5. The largest absolute Gasteiger partial charge is 0.489 e. The molecule has 0 N–H and O–H groups in total. The number of ketones is 1. The Morgan fingerprint density at radius 3 is 2.56 bits per heavy atom. The molecule has 9 heteroatoms. The number of rotatable bonds is 7. The summed E-state index contributed by atoms with van der Waals surface area (Å²) >= 11 is 0. The van der Waals surface area contributed by atoms with Crippen molar-refractivity contribution in [3.05, 3.63) is 135 Å². The van der Waals surface area contributed by atoms with Gasteiger partial charge in [-0.05, 0) is 54.5 Å². The average molecular weight is 548 g/mol. The van der Waals surface area contributed by atoms with Crippen LogP contribution >= 0.6 is 0 Å². The number of ether oxygens (including phenoxy) is 3. The molecule has 0 unspecified atom stereocenters. The first kappa shape index (κ1) is 25.6. The lowest BCUT2D eigenvalue weighted by Crippen LogP contribution is -2.09. The van der Waals surface area contributed by atoms with Crippen LogP contribution in [-0.2, 0) is 6.61 Å². The fourth-order valence-electron chi connectivity index (χ4n) is 4.55. The van der Waals surface area contributed by atoms with E-state index in [0.29, 0.717) is 34.6 Å². The number of hydrogen-bond acceptors (Lipinski definition) is 8. The second-order valence-corrected chi connectivity index (χ2v) is 9.30. The number of nitro groups is 1. The van der Waals surface area contributed by atoms with Crippen molar-refractivity contribution in [2.45, 2.75) is 13.5 Å². The summed E-state index contributed by atoms with van der Waals surface area (Å²) in [5, 5.41) is 11.6. The van der Waals surface area contributed by atoms with Crippen molar-refractivity contribution in [3.8, 4) is 17.2 Å². The molecule has 2 heterocycles. The van der Waals surface area contributed by atoms with Gasteiger partial charge in [-0.1, -0.05) is 42.5 Å². The van der Waals surface area contributed by atoms with Crippen molar-refractivity contribution in [2.24, 2.45) is 0 Å². The van der Waals surface area contributed by atoms with Crippen LogP contribution in [-0.4, -0.2) is 16.7 Å². The highest BCUT2D eigenvalue weighted by Crippen LogP contribution is 2.36. The van der Waals surface area contributed by atoms with Gasteiger partial charge in [-0.2, -0.15) is 0 Å². The molecule has 9 nitrogen and oxygen atoms in total. The SMILES string of the molecule is Cc1oc2ccc(OCc3ccccc3)cc2c1C(=O)Oc1ccc2c(c1)OC(=Cc1cccc([N+](=O)[O-])c1)C2=O. The number of Topliss-reactive ketones (excluding diaryl/α,β-unsaturated/α-hetero) is 1. The van der Waals surface area contributed by atoms with Crippen molar-refractivity contribution < 1.29 is 33.1 Å². The molecule has 0 atom stereocenters. The van der Waals surface area contributed by atoms with E-state index in [-0.39, 0.29) is 39.9 Å². The Morgan fingerprint density at radius 2 is 1.76 bits per heavy atom. The van der Waals surface area contributed by atoms with Gasteiger partial charge in [0.15, 0.2) is 5.76 Å². The highest BCUT2D eigenvalue weighted by atomic mass is 16.6. The molecule has 41 heavy (non-hydrogen) atoms. The molecule has 0 radical (unpaired) electrons. The van der Waals surface area contributed by atoms with Gasteiger partial charge in [0, 0.05) is 23.6 Å². The normalized spacial score (nSPS) is 13.2. The Balaban J connectivity index is 1.21. The van der Waals surface area contributed by atoms with E-state index in [0.717, 1.165) is 5.56 Å². The smallest absolute Gasteiger partial charge is 0.347 e. The first-order chi connectivity index (χ1) is 19.9. The molecule has 0 spiro atoms. The summed E-state index contributed by atoms with van der Waals surface area (Å²) in [6.07, 6.45) is 1.43. The minimum Gasteiger partial charge on any atom is -0.489 e. The third-order valence-electron chi connectivity index (χ3n) is 6.52. The van der Waals surface area contributed by atoms with Crippen LogP contribution in [0.5, 0.6) is 17.2 Å². The molecule has 0 aliphatic carbocycles. The summed E-state index contributed by atoms with van der Waals surface area (Å²) < 4.78 is 23.1. The molecule has 0 amide bonds. The maximum absolute atomic E-state index is 13.3. The minimum atomic E-state index is -0.641. The molecule has 1 aromatic heterocycles. The quantitative estimate of drug-likeness (QED) is 0.0698. The van der Waals surface area contributed by atoms with Crippen LogP contribution in [0.1, 0.15) is 37.6 Å². The van der Waals surface area contributed by atoms with Gasteiger partial charge in [-0.15, -0.1) is 0 Å². The highest BCUT2D eigenvalue weighted by molar-refractivity contribution is 6.14. The number of furan rings is 1. The van der Waals surface area contributed by atoms with Gasteiger partial charge < -0.3 is 18.6 Å². The molecule has 1 aliphatic heterocycles. The Hall–Kier alpha value is -5.70. The van der Waals surface area contributed by atoms with Gasteiger partial charge in [0.25, 0.3) is 5.69 Å². The van der Waals surface area contributed by atoms with Crippen molar-refractivity contribution in [3.63, 3.8) is 0 Å². The molecular weight excluding hydrogens is 526 g/mol. The minimum absolute atomic E-state index is 0.00341. The number of non-ortho nitro benzene ring substituents is 1. The zero-order valence-electron chi connectivity index (χ0n) is 21.7. The second-order valence-electron chi connectivity index (χ2n) is 9.30. The molecule has 6 rings (SSSR count). The standard InChI is InChI=1S/C32H21NO8/c1-19-30(26-16-23(11-13-27(26)39-19)38-18-20-6-3-2-4-7-20)32(35)40-24-10-12-25-28(17-24)41-29(31(25)34)15-21-8-5-9-22(14-21)33(36)37/h2-17H,18H2,1H3. The fraction of sp³-hybridized carbons (Fsp3) is 0.0625. The number of carbonyl (C=O) groups excluding carboxylic acids is 2. The summed E-state index contributed by atoms with van der Waals surface area (Å²) in [5.41, 5.74) is 2.40. The van der Waals surface area contributed by atoms with Crippen molar-refractivity contribution >= 4 is 34.5 Å². The number of aryl methyl sites for hydroxylation is 1. The molecule has 5 aromatic rings. The number of allylic oxidation sites excluding steroid dienone is 1. The van der Waals surface area contributed by atoms with Crippen LogP contribution in [0.2, 0.25) is 0 Å².